The molecule has 0 saturated carbocycles. The number of esters is 1. The Labute approximate surface area is 153 Å². The first-order valence-electron chi connectivity index (χ1n) is 8.09. The molecule has 0 aliphatic rings. The number of methoxy groups -OCH3 is 1. The lowest BCUT2D eigenvalue weighted by molar-refractivity contribution is 0.0507. The van der Waals surface area contributed by atoms with Gasteiger partial charge in [0, 0.05) is 0 Å². The van der Waals surface area contributed by atoms with Gasteiger partial charge in [-0.25, -0.2) is 14.8 Å². The van der Waals surface area contributed by atoms with Crippen LogP contribution in [0.3, 0.4) is 0 Å². The van der Waals surface area contributed by atoms with Crippen molar-refractivity contribution >= 4 is 17.0 Å². The van der Waals surface area contributed by atoms with E-state index in [2.05, 4.69) is 9.97 Å². The zero-order valence-corrected chi connectivity index (χ0v) is 14.7. The molecule has 0 atom stereocenters. The third kappa shape index (κ3) is 3.39. The van der Waals surface area contributed by atoms with Gasteiger partial charge in [0.05, 0.1) is 13.7 Å². The fraction of sp³-hybridized carbons (Fsp3) is 0.222. The topological polar surface area (TPSA) is 113 Å². The second kappa shape index (κ2) is 7.73. The van der Waals surface area contributed by atoms with Crippen molar-refractivity contribution in [3.8, 4) is 11.6 Å². The number of carbonyl (C=O) groups excluding carboxylic acids is 1. The molecule has 0 bridgehead atoms. The molecule has 3 aromatic rings. The normalized spacial score (nSPS) is 10.6. The molecule has 0 unspecified atom stereocenters. The highest BCUT2D eigenvalue weighted by atomic mass is 16.7. The summed E-state index contributed by atoms with van der Waals surface area (Å²) in [6.07, 6.45) is 1.16. The number of hydrogen-bond acceptors (Lipinski definition) is 8. The van der Waals surface area contributed by atoms with E-state index in [4.69, 9.17) is 14.3 Å². The highest BCUT2D eigenvalue weighted by molar-refractivity contribution is 6.00. The molecule has 3 rings (SSSR count). The van der Waals surface area contributed by atoms with Crippen molar-refractivity contribution in [2.75, 3.05) is 13.7 Å². The lowest BCUT2D eigenvalue weighted by Crippen LogP contribution is -2.33. The van der Waals surface area contributed by atoms with Crippen LogP contribution in [0.1, 0.15) is 22.8 Å². The van der Waals surface area contributed by atoms with Gasteiger partial charge in [0.25, 0.3) is 0 Å². The number of aromatic nitrogens is 3. The van der Waals surface area contributed by atoms with Crippen LogP contribution in [0, 0.1) is 0 Å². The van der Waals surface area contributed by atoms with Crippen LogP contribution in [-0.4, -0.2) is 39.5 Å². The summed E-state index contributed by atoms with van der Waals surface area (Å²) in [7, 11) is 1.34. The van der Waals surface area contributed by atoms with E-state index in [1.807, 2.05) is 30.3 Å². The average Bonchev–Trinajstić information content (AvgIpc) is 2.68. The maximum atomic E-state index is 12.8. The van der Waals surface area contributed by atoms with E-state index in [0.717, 1.165) is 16.6 Å². The fourth-order valence-corrected chi connectivity index (χ4v) is 2.52. The van der Waals surface area contributed by atoms with Crippen LogP contribution in [-0.2, 0) is 11.3 Å². The zero-order chi connectivity index (χ0) is 19.4. The average molecular weight is 371 g/mol. The Morgan fingerprint density at radius 2 is 1.96 bits per heavy atom. The van der Waals surface area contributed by atoms with Gasteiger partial charge in [0.15, 0.2) is 17.0 Å². The number of aromatic hydroxyl groups is 1. The van der Waals surface area contributed by atoms with Crippen LogP contribution >= 0.6 is 0 Å². The van der Waals surface area contributed by atoms with E-state index in [9.17, 15) is 14.7 Å². The maximum Gasteiger partial charge on any atom is 0.347 e. The van der Waals surface area contributed by atoms with Crippen LogP contribution in [0.2, 0.25) is 0 Å². The summed E-state index contributed by atoms with van der Waals surface area (Å²) >= 11 is 0. The first-order valence-corrected chi connectivity index (χ1v) is 8.09. The van der Waals surface area contributed by atoms with Crippen LogP contribution in [0.5, 0.6) is 11.6 Å². The van der Waals surface area contributed by atoms with Gasteiger partial charge in [-0.05, 0) is 12.5 Å². The van der Waals surface area contributed by atoms with Gasteiger partial charge in [0.2, 0.25) is 5.88 Å². The highest BCUT2D eigenvalue weighted by Crippen LogP contribution is 2.31. The number of benzene rings is 1. The minimum atomic E-state index is -0.982. The first kappa shape index (κ1) is 18.2. The summed E-state index contributed by atoms with van der Waals surface area (Å²) < 4.78 is 10.8. The Morgan fingerprint density at radius 1 is 1.22 bits per heavy atom. The molecule has 1 aromatic carbocycles. The van der Waals surface area contributed by atoms with Crippen molar-refractivity contribution in [3.63, 3.8) is 0 Å². The van der Waals surface area contributed by atoms with E-state index in [1.54, 1.807) is 6.92 Å². The molecular formula is C18H17N3O6. The number of carbonyl (C=O) groups is 1. The molecular weight excluding hydrogens is 354 g/mol. The molecule has 0 amide bonds. The van der Waals surface area contributed by atoms with Crippen LogP contribution in [0.15, 0.2) is 41.5 Å². The number of fused-ring (bicyclic) bond motifs is 1. The van der Waals surface area contributed by atoms with Gasteiger partial charge in [-0.2, -0.15) is 0 Å². The molecule has 140 valence electrons. The Bertz CT molecular complexity index is 1030. The fourth-order valence-electron chi connectivity index (χ4n) is 2.52. The molecule has 0 radical (unpaired) electrons. The monoisotopic (exact) mass is 371 g/mol. The summed E-state index contributed by atoms with van der Waals surface area (Å²) in [6, 6.07) is 9.13. The van der Waals surface area contributed by atoms with E-state index in [-0.39, 0.29) is 30.1 Å². The zero-order valence-electron chi connectivity index (χ0n) is 14.7. The second-order valence-corrected chi connectivity index (χ2v) is 5.38. The van der Waals surface area contributed by atoms with Crippen LogP contribution in [0.4, 0.5) is 0 Å². The minimum Gasteiger partial charge on any atom is -0.506 e. The summed E-state index contributed by atoms with van der Waals surface area (Å²) in [5.74, 6) is -1.62. The van der Waals surface area contributed by atoms with Crippen molar-refractivity contribution < 1.29 is 24.2 Å². The lowest BCUT2D eigenvalue weighted by atomic mass is 10.2. The Hall–Kier alpha value is -3.62. The van der Waals surface area contributed by atoms with E-state index in [0.29, 0.717) is 0 Å². The van der Waals surface area contributed by atoms with Crippen LogP contribution in [0.25, 0.3) is 11.0 Å². The molecule has 9 heteroatoms. The maximum absolute atomic E-state index is 12.8. The summed E-state index contributed by atoms with van der Waals surface area (Å²) in [5.41, 5.74) is -0.710. The SMILES string of the molecule is CCOC(=O)c1c(O)c2c(OC)ncnc2n(OCc2ccccc2)c1=O. The molecule has 0 spiro atoms. The molecule has 2 aromatic heterocycles. The molecule has 1 N–H and O–H groups in total. The number of nitrogens with zero attached hydrogens (tertiary/aromatic N) is 3. The smallest absolute Gasteiger partial charge is 0.347 e. The quantitative estimate of drug-likeness (QED) is 0.646. The molecule has 0 aliphatic carbocycles. The highest BCUT2D eigenvalue weighted by Gasteiger charge is 2.27. The molecule has 2 heterocycles. The first-order chi connectivity index (χ1) is 13.1. The summed E-state index contributed by atoms with van der Waals surface area (Å²) in [5, 5.41) is 10.5. The minimum absolute atomic E-state index is 0.0138. The number of rotatable bonds is 6. The number of ether oxygens (including phenoxy) is 2. The van der Waals surface area contributed by atoms with Crippen molar-refractivity contribution in [2.45, 2.75) is 13.5 Å². The van der Waals surface area contributed by atoms with Gasteiger partial charge < -0.3 is 19.4 Å². The second-order valence-electron chi connectivity index (χ2n) is 5.38. The predicted octanol–water partition coefficient (Wildman–Crippen LogP) is 1.31. The molecule has 27 heavy (non-hydrogen) atoms. The predicted molar refractivity (Wildman–Crippen MR) is 94.7 cm³/mol. The Balaban J connectivity index is 2.21. The van der Waals surface area contributed by atoms with Gasteiger partial charge in [-0.1, -0.05) is 30.3 Å². The van der Waals surface area contributed by atoms with Crippen molar-refractivity contribution in [1.29, 1.82) is 0 Å². The summed E-state index contributed by atoms with van der Waals surface area (Å²) in [6.45, 7) is 1.66. The molecule has 9 nitrogen and oxygen atoms in total. The number of pyridine rings is 1. The molecule has 0 fully saturated rings. The standard InChI is InChI=1S/C18H17N3O6/c1-3-26-18(24)13-14(22)12-15(19-10-20-16(12)25-2)21(17(13)23)27-9-11-7-5-4-6-8-11/h4-8,10,22H,3,9H2,1-2H3. The van der Waals surface area contributed by atoms with Crippen LogP contribution < -0.4 is 15.1 Å². The van der Waals surface area contributed by atoms with E-state index >= 15 is 0 Å². The number of hydrogen-bond donors (Lipinski definition) is 1. The van der Waals surface area contributed by atoms with Crippen molar-refractivity contribution in [3.05, 3.63) is 58.1 Å². The van der Waals surface area contributed by atoms with Gasteiger partial charge in [-0.3, -0.25) is 4.79 Å². The lowest BCUT2D eigenvalue weighted by Gasteiger charge is -2.15. The molecule has 0 aliphatic heterocycles. The third-order valence-corrected chi connectivity index (χ3v) is 3.73. The largest absolute Gasteiger partial charge is 0.506 e. The Morgan fingerprint density at radius 3 is 2.63 bits per heavy atom. The van der Waals surface area contributed by atoms with Crippen molar-refractivity contribution in [2.24, 2.45) is 0 Å². The van der Waals surface area contributed by atoms with Crippen molar-refractivity contribution in [1.82, 2.24) is 14.7 Å². The van der Waals surface area contributed by atoms with E-state index in [1.165, 1.54) is 7.11 Å². The van der Waals surface area contributed by atoms with E-state index < -0.39 is 22.8 Å². The van der Waals surface area contributed by atoms with Gasteiger partial charge in [0.1, 0.15) is 18.3 Å². The summed E-state index contributed by atoms with van der Waals surface area (Å²) in [4.78, 5) is 38.5. The molecule has 0 saturated heterocycles. The van der Waals surface area contributed by atoms with Gasteiger partial charge in [-0.15, -0.1) is 4.73 Å². The van der Waals surface area contributed by atoms with Gasteiger partial charge >= 0.3 is 11.5 Å². The third-order valence-electron chi connectivity index (χ3n) is 3.73. The Kier molecular flexibility index (Phi) is 5.20.